The summed E-state index contributed by atoms with van der Waals surface area (Å²) in [5.41, 5.74) is 1.99. The number of fused-ring (bicyclic) bond motifs is 2. The van der Waals surface area contributed by atoms with Crippen molar-refractivity contribution in [2.24, 2.45) is 0 Å². The van der Waals surface area contributed by atoms with Gasteiger partial charge in [0.05, 0.1) is 5.60 Å². The zero-order valence-electron chi connectivity index (χ0n) is 14.1. The summed E-state index contributed by atoms with van der Waals surface area (Å²) in [5, 5.41) is 11.3. The zero-order valence-corrected chi connectivity index (χ0v) is 14.1. The van der Waals surface area contributed by atoms with Crippen molar-refractivity contribution in [3.05, 3.63) is 71.0 Å². The van der Waals surface area contributed by atoms with Crippen molar-refractivity contribution in [3.63, 3.8) is 0 Å². The second kappa shape index (κ2) is 5.98. The van der Waals surface area contributed by atoms with Crippen LogP contribution in [0.3, 0.4) is 0 Å². The summed E-state index contributed by atoms with van der Waals surface area (Å²) in [6, 6.07) is 16.4. The maximum absolute atomic E-state index is 13.6. The van der Waals surface area contributed by atoms with Gasteiger partial charge in [-0.3, -0.25) is 4.90 Å². The molecule has 2 bridgehead atoms. The van der Waals surface area contributed by atoms with Gasteiger partial charge in [-0.1, -0.05) is 42.5 Å². The Balaban J connectivity index is 1.56. The average Bonchev–Trinajstić information content (AvgIpc) is 2.82. The highest BCUT2D eigenvalue weighted by atomic mass is 19.1. The third-order valence-electron chi connectivity index (χ3n) is 5.82. The van der Waals surface area contributed by atoms with E-state index in [0.717, 1.165) is 37.8 Å². The van der Waals surface area contributed by atoms with Crippen molar-refractivity contribution >= 4 is 0 Å². The molecule has 1 N–H and O–H groups in total. The van der Waals surface area contributed by atoms with Gasteiger partial charge in [-0.15, -0.1) is 0 Å². The fourth-order valence-corrected chi connectivity index (χ4v) is 4.54. The van der Waals surface area contributed by atoms with Gasteiger partial charge in [-0.05, 0) is 55.4 Å². The summed E-state index contributed by atoms with van der Waals surface area (Å²) in [7, 11) is 0. The minimum atomic E-state index is -0.822. The zero-order chi connectivity index (χ0) is 16.7. The van der Waals surface area contributed by atoms with Gasteiger partial charge in [0.15, 0.2) is 0 Å². The van der Waals surface area contributed by atoms with Crippen LogP contribution in [0.5, 0.6) is 0 Å². The number of nitrogens with zero attached hydrogens (tertiary/aromatic N) is 1. The molecule has 0 aromatic heterocycles. The lowest BCUT2D eigenvalue weighted by Crippen LogP contribution is -2.49. The van der Waals surface area contributed by atoms with E-state index in [4.69, 9.17) is 0 Å². The lowest BCUT2D eigenvalue weighted by atomic mass is 9.80. The Bertz CT molecular complexity index is 716. The lowest BCUT2D eigenvalue weighted by molar-refractivity contribution is -0.0595. The predicted octanol–water partition coefficient (Wildman–Crippen LogP) is 4.15. The molecule has 2 heterocycles. The van der Waals surface area contributed by atoms with E-state index in [9.17, 15) is 9.50 Å². The molecule has 0 aliphatic carbocycles. The van der Waals surface area contributed by atoms with Crippen LogP contribution in [-0.4, -0.2) is 22.1 Å². The third-order valence-corrected chi connectivity index (χ3v) is 5.82. The van der Waals surface area contributed by atoms with Crippen molar-refractivity contribution in [3.8, 4) is 0 Å². The molecule has 0 saturated carbocycles. The summed E-state index contributed by atoms with van der Waals surface area (Å²) < 4.78 is 13.6. The molecule has 2 nitrogen and oxygen atoms in total. The van der Waals surface area contributed by atoms with Crippen LogP contribution in [0.25, 0.3) is 0 Å². The molecule has 2 unspecified atom stereocenters. The van der Waals surface area contributed by atoms with E-state index in [-0.39, 0.29) is 5.82 Å². The van der Waals surface area contributed by atoms with Crippen molar-refractivity contribution in [1.29, 1.82) is 0 Å². The number of hydrogen-bond donors (Lipinski definition) is 1. The monoisotopic (exact) mass is 325 g/mol. The van der Waals surface area contributed by atoms with Gasteiger partial charge in [0.25, 0.3) is 0 Å². The van der Waals surface area contributed by atoms with Gasteiger partial charge in [-0.25, -0.2) is 4.39 Å². The minimum absolute atomic E-state index is 0.202. The largest absolute Gasteiger partial charge is 0.385 e. The Labute approximate surface area is 142 Å². The van der Waals surface area contributed by atoms with Gasteiger partial charge in [0.2, 0.25) is 0 Å². The van der Waals surface area contributed by atoms with Gasteiger partial charge < -0.3 is 5.11 Å². The Morgan fingerprint density at radius 2 is 1.75 bits per heavy atom. The van der Waals surface area contributed by atoms with Crippen molar-refractivity contribution in [2.45, 2.75) is 56.8 Å². The summed E-state index contributed by atoms with van der Waals surface area (Å²) in [6.45, 7) is 2.72. The second-order valence-corrected chi connectivity index (χ2v) is 7.45. The summed E-state index contributed by atoms with van der Waals surface area (Å²) in [5.74, 6) is -0.202. The molecule has 0 radical (unpaired) electrons. The first-order chi connectivity index (χ1) is 11.5. The highest BCUT2D eigenvalue weighted by molar-refractivity contribution is 5.30. The maximum Gasteiger partial charge on any atom is 0.126 e. The SMILES string of the molecule is Cc1cc(C2(O)CC3CCC(C2)N3Cc2ccccc2)ccc1F. The van der Waals surface area contributed by atoms with Crippen molar-refractivity contribution in [1.82, 2.24) is 4.90 Å². The molecule has 2 fully saturated rings. The second-order valence-electron chi connectivity index (χ2n) is 7.45. The van der Waals surface area contributed by atoms with Crippen LogP contribution in [0.4, 0.5) is 4.39 Å². The summed E-state index contributed by atoms with van der Waals surface area (Å²) in [4.78, 5) is 2.56. The number of rotatable bonds is 3. The van der Waals surface area contributed by atoms with Crippen LogP contribution in [-0.2, 0) is 12.1 Å². The van der Waals surface area contributed by atoms with E-state index in [0.29, 0.717) is 17.6 Å². The Morgan fingerprint density at radius 1 is 1.08 bits per heavy atom. The molecule has 24 heavy (non-hydrogen) atoms. The molecule has 2 aromatic carbocycles. The quantitative estimate of drug-likeness (QED) is 0.916. The van der Waals surface area contributed by atoms with Gasteiger partial charge in [0.1, 0.15) is 5.82 Å². The van der Waals surface area contributed by atoms with Crippen LogP contribution in [0.15, 0.2) is 48.5 Å². The summed E-state index contributed by atoms with van der Waals surface area (Å²) >= 11 is 0. The van der Waals surface area contributed by atoms with Gasteiger partial charge in [0, 0.05) is 18.6 Å². The lowest BCUT2D eigenvalue weighted by Gasteiger charge is -2.44. The maximum atomic E-state index is 13.6. The van der Waals surface area contributed by atoms with E-state index >= 15 is 0 Å². The summed E-state index contributed by atoms with van der Waals surface area (Å²) in [6.07, 6.45) is 3.75. The van der Waals surface area contributed by atoms with Crippen LogP contribution in [0.2, 0.25) is 0 Å². The van der Waals surface area contributed by atoms with Crippen molar-refractivity contribution < 1.29 is 9.50 Å². The van der Waals surface area contributed by atoms with E-state index in [1.54, 1.807) is 13.0 Å². The first kappa shape index (κ1) is 15.8. The number of benzene rings is 2. The number of hydrogen-bond acceptors (Lipinski definition) is 2. The standard InChI is InChI=1S/C21H24FNO/c1-15-11-17(7-10-20(15)22)21(24)12-18-8-9-19(13-21)23(18)14-16-5-3-2-4-6-16/h2-7,10-11,18-19,24H,8-9,12-14H2,1H3. The van der Waals surface area contributed by atoms with E-state index in [1.165, 1.54) is 11.6 Å². The fourth-order valence-electron chi connectivity index (χ4n) is 4.54. The third kappa shape index (κ3) is 2.76. The van der Waals surface area contributed by atoms with Crippen LogP contribution >= 0.6 is 0 Å². The molecular formula is C21H24FNO. The molecule has 2 saturated heterocycles. The molecule has 2 aromatic rings. The van der Waals surface area contributed by atoms with Crippen LogP contribution in [0, 0.1) is 12.7 Å². The van der Waals surface area contributed by atoms with Gasteiger partial charge in [-0.2, -0.15) is 0 Å². The molecule has 2 aliphatic heterocycles. The Kier molecular flexibility index (Phi) is 3.93. The van der Waals surface area contributed by atoms with Gasteiger partial charge >= 0.3 is 0 Å². The molecular weight excluding hydrogens is 301 g/mol. The Morgan fingerprint density at radius 3 is 2.38 bits per heavy atom. The molecule has 2 atom stereocenters. The van der Waals surface area contributed by atoms with E-state index < -0.39 is 5.60 Å². The fraction of sp³-hybridized carbons (Fsp3) is 0.429. The molecule has 0 amide bonds. The molecule has 4 rings (SSSR count). The van der Waals surface area contributed by atoms with Crippen molar-refractivity contribution in [2.75, 3.05) is 0 Å². The first-order valence-electron chi connectivity index (χ1n) is 8.84. The topological polar surface area (TPSA) is 23.5 Å². The smallest absolute Gasteiger partial charge is 0.126 e. The van der Waals surface area contributed by atoms with Crippen LogP contribution < -0.4 is 0 Å². The number of halogens is 1. The molecule has 2 aliphatic rings. The average molecular weight is 325 g/mol. The number of aliphatic hydroxyl groups is 1. The highest BCUT2D eigenvalue weighted by Crippen LogP contribution is 2.46. The number of aryl methyl sites for hydroxylation is 1. The molecule has 0 spiro atoms. The molecule has 3 heteroatoms. The van der Waals surface area contributed by atoms with E-state index in [2.05, 4.69) is 29.2 Å². The predicted molar refractivity (Wildman–Crippen MR) is 93.1 cm³/mol. The number of piperidine rings is 1. The van der Waals surface area contributed by atoms with E-state index in [1.807, 2.05) is 12.1 Å². The Hall–Kier alpha value is -1.71. The van der Waals surface area contributed by atoms with Crippen LogP contribution in [0.1, 0.15) is 42.4 Å². The first-order valence-corrected chi connectivity index (χ1v) is 8.84. The normalized spacial score (nSPS) is 29.8. The molecule has 126 valence electrons. The minimum Gasteiger partial charge on any atom is -0.385 e. The highest BCUT2D eigenvalue weighted by Gasteiger charge is 2.48.